The third-order valence-electron chi connectivity index (χ3n) is 4.53. The first-order chi connectivity index (χ1) is 10.7. The average Bonchev–Trinajstić information content (AvgIpc) is 2.77. The van der Waals surface area contributed by atoms with Crippen molar-refractivity contribution in [2.45, 2.75) is 51.4 Å². The molecule has 0 aliphatic carbocycles. The van der Waals surface area contributed by atoms with E-state index in [9.17, 15) is 9.59 Å². The fourth-order valence-corrected chi connectivity index (χ4v) is 3.28. The number of piperidine rings is 1. The molecule has 0 aromatic carbocycles. The molecule has 0 bridgehead atoms. The molecule has 1 spiro atoms. The Hall–Kier alpha value is -1.82. The van der Waals surface area contributed by atoms with Gasteiger partial charge >= 0.3 is 6.09 Å². The number of amides is 1. The summed E-state index contributed by atoms with van der Waals surface area (Å²) in [6.45, 7) is 7.26. The molecule has 126 valence electrons. The highest BCUT2D eigenvalue weighted by molar-refractivity contribution is 5.68. The fraction of sp³-hybridized carbons (Fsp3) is 0.647. The number of pyridine rings is 1. The Bertz CT molecular complexity index is 679. The number of nitrogens with zero attached hydrogens (tertiary/aromatic N) is 2. The van der Waals surface area contributed by atoms with E-state index in [1.165, 1.54) is 0 Å². The topological polar surface area (TPSA) is 60.8 Å². The SMILES string of the molecule is Cn1cc2c(cc1=O)COC21CCN(C(=O)OC(C)(C)C)CC1. The zero-order valence-electron chi connectivity index (χ0n) is 14.2. The molecular weight excluding hydrogens is 296 g/mol. The van der Waals surface area contributed by atoms with Crippen LogP contribution in [0.5, 0.6) is 0 Å². The van der Waals surface area contributed by atoms with Gasteiger partial charge in [0.25, 0.3) is 5.56 Å². The van der Waals surface area contributed by atoms with Crippen LogP contribution in [0.3, 0.4) is 0 Å². The molecule has 6 nitrogen and oxygen atoms in total. The van der Waals surface area contributed by atoms with Crippen LogP contribution in [0.4, 0.5) is 4.79 Å². The second-order valence-electron chi connectivity index (χ2n) is 7.41. The van der Waals surface area contributed by atoms with Gasteiger partial charge in [-0.3, -0.25) is 4.79 Å². The smallest absolute Gasteiger partial charge is 0.410 e. The molecule has 1 fully saturated rings. The molecule has 0 unspecified atom stereocenters. The van der Waals surface area contributed by atoms with E-state index in [0.717, 1.165) is 24.0 Å². The van der Waals surface area contributed by atoms with E-state index in [1.54, 1.807) is 22.6 Å². The molecule has 2 aliphatic heterocycles. The number of likely N-dealkylation sites (tertiary alicyclic amines) is 1. The summed E-state index contributed by atoms with van der Waals surface area (Å²) < 4.78 is 13.1. The number of ether oxygens (including phenoxy) is 2. The van der Waals surface area contributed by atoms with Gasteiger partial charge in [-0.2, -0.15) is 0 Å². The molecule has 0 N–H and O–H groups in total. The lowest BCUT2D eigenvalue weighted by molar-refractivity contribution is -0.0799. The summed E-state index contributed by atoms with van der Waals surface area (Å²) in [7, 11) is 1.75. The van der Waals surface area contributed by atoms with E-state index < -0.39 is 5.60 Å². The molecule has 3 rings (SSSR count). The summed E-state index contributed by atoms with van der Waals surface area (Å²) >= 11 is 0. The van der Waals surface area contributed by atoms with E-state index in [-0.39, 0.29) is 17.3 Å². The number of carbonyl (C=O) groups is 1. The highest BCUT2D eigenvalue weighted by Crippen LogP contribution is 2.43. The monoisotopic (exact) mass is 320 g/mol. The zero-order chi connectivity index (χ0) is 16.8. The standard InChI is InChI=1S/C17H24N2O4/c1-16(2,3)23-15(21)19-7-5-17(6-8-19)13-10-18(4)14(20)9-12(13)11-22-17/h9-10H,5-8,11H2,1-4H3. The molecule has 1 aromatic rings. The third kappa shape index (κ3) is 3.00. The van der Waals surface area contributed by atoms with Crippen molar-refractivity contribution in [3.05, 3.63) is 33.7 Å². The highest BCUT2D eigenvalue weighted by Gasteiger charge is 2.44. The highest BCUT2D eigenvalue weighted by atomic mass is 16.6. The predicted octanol–water partition coefficient (Wildman–Crippen LogP) is 2.14. The Morgan fingerprint density at radius 2 is 1.96 bits per heavy atom. The minimum Gasteiger partial charge on any atom is -0.444 e. The van der Waals surface area contributed by atoms with Crippen LogP contribution in [-0.4, -0.2) is 34.3 Å². The molecule has 0 atom stereocenters. The molecule has 2 aliphatic rings. The van der Waals surface area contributed by atoms with Crippen LogP contribution in [0.2, 0.25) is 0 Å². The second kappa shape index (κ2) is 5.37. The molecule has 3 heterocycles. The normalized spacial score (nSPS) is 19.7. The fourth-order valence-electron chi connectivity index (χ4n) is 3.28. The Labute approximate surface area is 136 Å². The first-order valence-corrected chi connectivity index (χ1v) is 8.02. The summed E-state index contributed by atoms with van der Waals surface area (Å²) in [5, 5.41) is 0. The molecule has 0 radical (unpaired) electrons. The van der Waals surface area contributed by atoms with Crippen LogP contribution in [0.15, 0.2) is 17.1 Å². The minimum atomic E-state index is -0.485. The third-order valence-corrected chi connectivity index (χ3v) is 4.53. The Kier molecular flexibility index (Phi) is 3.75. The van der Waals surface area contributed by atoms with E-state index in [4.69, 9.17) is 9.47 Å². The van der Waals surface area contributed by atoms with Crippen molar-refractivity contribution in [2.24, 2.45) is 7.05 Å². The van der Waals surface area contributed by atoms with E-state index in [1.807, 2.05) is 27.0 Å². The maximum atomic E-state index is 12.2. The van der Waals surface area contributed by atoms with Crippen molar-refractivity contribution in [2.75, 3.05) is 13.1 Å². The molecule has 23 heavy (non-hydrogen) atoms. The molecule has 6 heteroatoms. The number of fused-ring (bicyclic) bond motifs is 2. The van der Waals surface area contributed by atoms with Crippen LogP contribution >= 0.6 is 0 Å². The quantitative estimate of drug-likeness (QED) is 0.735. The number of hydrogen-bond acceptors (Lipinski definition) is 4. The number of rotatable bonds is 0. The minimum absolute atomic E-state index is 0.0180. The molecule has 0 saturated carbocycles. The van der Waals surface area contributed by atoms with Crippen molar-refractivity contribution >= 4 is 6.09 Å². The molecule has 1 aromatic heterocycles. The van der Waals surface area contributed by atoms with Crippen molar-refractivity contribution < 1.29 is 14.3 Å². The van der Waals surface area contributed by atoms with Gasteiger partial charge in [0.05, 0.1) is 12.2 Å². The zero-order valence-corrected chi connectivity index (χ0v) is 14.2. The van der Waals surface area contributed by atoms with E-state index >= 15 is 0 Å². The van der Waals surface area contributed by atoms with Crippen LogP contribution in [0, 0.1) is 0 Å². The number of carbonyl (C=O) groups excluding carboxylic acids is 1. The molecule has 1 amide bonds. The Balaban J connectivity index is 1.75. The van der Waals surface area contributed by atoms with Crippen molar-refractivity contribution in [1.29, 1.82) is 0 Å². The van der Waals surface area contributed by atoms with Gasteiger partial charge in [-0.1, -0.05) is 0 Å². The van der Waals surface area contributed by atoms with Gasteiger partial charge in [-0.25, -0.2) is 4.79 Å². The van der Waals surface area contributed by atoms with Gasteiger partial charge in [0.2, 0.25) is 0 Å². The summed E-state index contributed by atoms with van der Waals surface area (Å²) in [5.41, 5.74) is 1.18. The number of hydrogen-bond donors (Lipinski definition) is 0. The first kappa shape index (κ1) is 16.1. The van der Waals surface area contributed by atoms with Gasteiger partial charge < -0.3 is 18.9 Å². The van der Waals surface area contributed by atoms with Crippen molar-refractivity contribution in [3.8, 4) is 0 Å². The van der Waals surface area contributed by atoms with E-state index in [2.05, 4.69) is 0 Å². The van der Waals surface area contributed by atoms with Crippen LogP contribution in [0.1, 0.15) is 44.7 Å². The van der Waals surface area contributed by atoms with Crippen LogP contribution < -0.4 is 5.56 Å². The summed E-state index contributed by atoms with van der Waals surface area (Å²) in [6.07, 6.45) is 3.05. The van der Waals surface area contributed by atoms with Crippen LogP contribution in [-0.2, 0) is 28.7 Å². The second-order valence-corrected chi connectivity index (χ2v) is 7.41. The van der Waals surface area contributed by atoms with Gasteiger partial charge in [0, 0.05) is 38.0 Å². The van der Waals surface area contributed by atoms with Gasteiger partial charge in [-0.05, 0) is 39.2 Å². The van der Waals surface area contributed by atoms with Gasteiger partial charge in [0.1, 0.15) is 5.60 Å². The first-order valence-electron chi connectivity index (χ1n) is 8.02. The van der Waals surface area contributed by atoms with Gasteiger partial charge in [0.15, 0.2) is 0 Å². The maximum absolute atomic E-state index is 12.2. The average molecular weight is 320 g/mol. The lowest BCUT2D eigenvalue weighted by Crippen LogP contribution is -2.46. The Morgan fingerprint density at radius 3 is 2.57 bits per heavy atom. The number of aromatic nitrogens is 1. The lowest BCUT2D eigenvalue weighted by Gasteiger charge is -2.39. The summed E-state index contributed by atoms with van der Waals surface area (Å²) in [6, 6.07) is 1.66. The molecule has 1 saturated heterocycles. The maximum Gasteiger partial charge on any atom is 0.410 e. The van der Waals surface area contributed by atoms with Crippen molar-refractivity contribution in [1.82, 2.24) is 9.47 Å². The largest absolute Gasteiger partial charge is 0.444 e. The summed E-state index contributed by atoms with van der Waals surface area (Å²) in [5.74, 6) is 0. The Morgan fingerprint density at radius 1 is 1.30 bits per heavy atom. The lowest BCUT2D eigenvalue weighted by atomic mass is 9.85. The summed E-state index contributed by atoms with van der Waals surface area (Å²) in [4.78, 5) is 25.7. The number of aryl methyl sites for hydroxylation is 1. The predicted molar refractivity (Wildman–Crippen MR) is 85.2 cm³/mol. The van der Waals surface area contributed by atoms with E-state index in [0.29, 0.717) is 19.7 Å². The molecular formula is C17H24N2O4. The van der Waals surface area contributed by atoms with Gasteiger partial charge in [-0.15, -0.1) is 0 Å². The van der Waals surface area contributed by atoms with Crippen molar-refractivity contribution in [3.63, 3.8) is 0 Å². The van der Waals surface area contributed by atoms with Crippen LogP contribution in [0.25, 0.3) is 0 Å².